The average Bonchev–Trinajstić information content (AvgIpc) is 2.38. The van der Waals surface area contributed by atoms with Crippen molar-refractivity contribution in [2.75, 3.05) is 0 Å². The Kier molecular flexibility index (Phi) is 7.71. The smallest absolute Gasteiger partial charge is 0.424 e. The van der Waals surface area contributed by atoms with Crippen molar-refractivity contribution in [2.45, 2.75) is 59.7 Å². The second-order valence-corrected chi connectivity index (χ2v) is 7.12. The third kappa shape index (κ3) is 8.36. The Morgan fingerprint density at radius 1 is 0.917 bits per heavy atom. The Morgan fingerprint density at radius 3 is 1.62 bits per heavy atom. The van der Waals surface area contributed by atoms with E-state index < -0.39 is 23.4 Å². The molecule has 0 unspecified atom stereocenters. The van der Waals surface area contributed by atoms with Crippen LogP contribution in [0, 0.1) is 0 Å². The van der Waals surface area contributed by atoms with Gasteiger partial charge in [0.05, 0.1) is 5.70 Å². The van der Waals surface area contributed by atoms with E-state index >= 15 is 0 Å². The van der Waals surface area contributed by atoms with Crippen molar-refractivity contribution in [3.63, 3.8) is 0 Å². The van der Waals surface area contributed by atoms with Gasteiger partial charge in [-0.1, -0.05) is 31.4 Å². The third-order valence-electron chi connectivity index (χ3n) is 2.44. The minimum Gasteiger partial charge on any atom is -0.443 e. The number of carbonyl (C=O) groups is 2. The van der Waals surface area contributed by atoms with Gasteiger partial charge in [0.2, 0.25) is 0 Å². The summed E-state index contributed by atoms with van der Waals surface area (Å²) in [5.74, 6) is 0. The zero-order valence-electron chi connectivity index (χ0n) is 15.8. The molecule has 24 heavy (non-hydrogen) atoms. The first-order chi connectivity index (χ1) is 10.8. The summed E-state index contributed by atoms with van der Waals surface area (Å²) in [5, 5.41) is 0. The second-order valence-electron chi connectivity index (χ2n) is 7.12. The van der Waals surface area contributed by atoms with Crippen LogP contribution < -0.4 is 0 Å². The molecule has 0 radical (unpaired) electrons. The van der Waals surface area contributed by atoms with E-state index in [0.717, 1.165) is 4.90 Å². The van der Waals surface area contributed by atoms with Gasteiger partial charge in [-0.3, -0.25) is 0 Å². The van der Waals surface area contributed by atoms with Crippen molar-refractivity contribution in [3.05, 3.63) is 48.7 Å². The van der Waals surface area contributed by atoms with E-state index in [0.29, 0.717) is 11.3 Å². The van der Waals surface area contributed by atoms with E-state index in [2.05, 4.69) is 13.2 Å². The Hall–Kier alpha value is -2.30. The van der Waals surface area contributed by atoms with Crippen LogP contribution in [0.2, 0.25) is 0 Å². The Labute approximate surface area is 145 Å². The molecule has 2 amide bonds. The number of hydrogen-bond acceptors (Lipinski definition) is 4. The molecule has 5 nitrogen and oxygen atoms in total. The number of rotatable bonds is 4. The quantitative estimate of drug-likeness (QED) is 0.649. The fourth-order valence-electron chi connectivity index (χ4n) is 1.46. The Bertz CT molecular complexity index is 529. The van der Waals surface area contributed by atoms with Gasteiger partial charge in [-0.15, -0.1) is 0 Å². The molecule has 0 N–H and O–H groups in total. The van der Waals surface area contributed by atoms with E-state index in [1.807, 2.05) is 0 Å². The number of ether oxygens (including phenoxy) is 2. The summed E-state index contributed by atoms with van der Waals surface area (Å²) in [6.45, 7) is 19.4. The normalized spacial score (nSPS) is 12.7. The first-order valence-electron chi connectivity index (χ1n) is 7.72. The van der Waals surface area contributed by atoms with Crippen molar-refractivity contribution >= 4 is 12.2 Å². The van der Waals surface area contributed by atoms with Crippen molar-refractivity contribution in [2.24, 2.45) is 0 Å². The highest BCUT2D eigenvalue weighted by Gasteiger charge is 2.32. The second kappa shape index (κ2) is 8.52. The summed E-state index contributed by atoms with van der Waals surface area (Å²) in [6.07, 6.45) is 4.79. The van der Waals surface area contributed by atoms with Crippen LogP contribution in [0.15, 0.2) is 48.7 Å². The first kappa shape index (κ1) is 21.7. The first-order valence-corrected chi connectivity index (χ1v) is 7.72. The minimum atomic E-state index is -0.807. The summed E-state index contributed by atoms with van der Waals surface area (Å²) in [4.78, 5) is 25.8. The molecule has 134 valence electrons. The molecule has 0 rings (SSSR count). The summed E-state index contributed by atoms with van der Waals surface area (Å²) in [6, 6.07) is 0. The van der Waals surface area contributed by atoms with E-state index in [1.165, 1.54) is 0 Å². The molecule has 5 heteroatoms. The molecule has 0 aliphatic carbocycles. The number of imide groups is 1. The topological polar surface area (TPSA) is 55.8 Å². The lowest BCUT2D eigenvalue weighted by atomic mass is 10.2. The van der Waals surface area contributed by atoms with Crippen LogP contribution in [0.3, 0.4) is 0 Å². The van der Waals surface area contributed by atoms with Gasteiger partial charge >= 0.3 is 12.2 Å². The number of allylic oxidation sites excluding steroid dienone is 5. The van der Waals surface area contributed by atoms with Gasteiger partial charge in [0.1, 0.15) is 11.2 Å². The third-order valence-corrected chi connectivity index (χ3v) is 2.44. The van der Waals surface area contributed by atoms with Crippen LogP contribution in [0.25, 0.3) is 0 Å². The number of amides is 2. The van der Waals surface area contributed by atoms with Crippen molar-refractivity contribution in [1.82, 2.24) is 4.90 Å². The lowest BCUT2D eigenvalue weighted by Crippen LogP contribution is -2.42. The molecule has 0 aromatic heterocycles. The highest BCUT2D eigenvalue weighted by Crippen LogP contribution is 2.19. The maximum atomic E-state index is 12.5. The van der Waals surface area contributed by atoms with Gasteiger partial charge in [0.15, 0.2) is 0 Å². The molecule has 0 aromatic rings. The Morgan fingerprint density at radius 2 is 1.33 bits per heavy atom. The molecule has 0 spiro atoms. The minimum absolute atomic E-state index is 0.321. The number of nitrogens with zero attached hydrogens (tertiary/aromatic N) is 1. The fourth-order valence-corrected chi connectivity index (χ4v) is 1.46. The molecule has 0 bridgehead atoms. The monoisotopic (exact) mass is 335 g/mol. The summed E-state index contributed by atoms with van der Waals surface area (Å²) >= 11 is 0. The van der Waals surface area contributed by atoms with Gasteiger partial charge in [-0.2, -0.15) is 4.90 Å². The largest absolute Gasteiger partial charge is 0.443 e. The molecule has 0 atom stereocenters. The molecule has 0 saturated carbocycles. The van der Waals surface area contributed by atoms with E-state index in [1.54, 1.807) is 72.8 Å². The highest BCUT2D eigenvalue weighted by atomic mass is 16.6. The standard InChI is InChI=1S/C19H29NO4/c1-10-14(3)12-13-15(11-2)20(16(21)23-18(4,5)6)17(22)24-19(7,8)9/h10-13H,1,3H2,2,4-9H3/b13-12-,15-11+. The molecule has 0 aliphatic heterocycles. The SMILES string of the molecule is C=CC(=C)/C=C\C(=C/C)N(C(=O)OC(C)(C)C)C(=O)OC(C)(C)C. The molecule has 0 saturated heterocycles. The maximum Gasteiger partial charge on any atom is 0.424 e. The average molecular weight is 335 g/mol. The zero-order valence-corrected chi connectivity index (χ0v) is 15.8. The van der Waals surface area contributed by atoms with Gasteiger partial charge < -0.3 is 9.47 Å². The Balaban J connectivity index is 5.71. The van der Waals surface area contributed by atoms with E-state index in [9.17, 15) is 9.59 Å². The van der Waals surface area contributed by atoms with E-state index in [-0.39, 0.29) is 0 Å². The van der Waals surface area contributed by atoms with Crippen LogP contribution in [-0.4, -0.2) is 28.3 Å². The van der Waals surface area contributed by atoms with Gasteiger partial charge in [-0.25, -0.2) is 9.59 Å². The van der Waals surface area contributed by atoms with Crippen molar-refractivity contribution in [1.29, 1.82) is 0 Å². The van der Waals surface area contributed by atoms with Crippen LogP contribution in [0.1, 0.15) is 48.5 Å². The van der Waals surface area contributed by atoms with Crippen molar-refractivity contribution in [3.8, 4) is 0 Å². The van der Waals surface area contributed by atoms with E-state index in [4.69, 9.17) is 9.47 Å². The predicted molar refractivity (Wildman–Crippen MR) is 96.5 cm³/mol. The lowest BCUT2D eigenvalue weighted by molar-refractivity contribution is 0.00899. The van der Waals surface area contributed by atoms with Gasteiger partial charge in [0.25, 0.3) is 0 Å². The summed E-state index contributed by atoms with van der Waals surface area (Å²) in [7, 11) is 0. The molecule has 0 aromatic carbocycles. The number of carbonyl (C=O) groups excluding carboxylic acids is 2. The predicted octanol–water partition coefficient (Wildman–Crippen LogP) is 5.36. The highest BCUT2D eigenvalue weighted by molar-refractivity contribution is 5.91. The molecule has 0 heterocycles. The van der Waals surface area contributed by atoms with Crippen LogP contribution >= 0.6 is 0 Å². The molecular formula is C19H29NO4. The lowest BCUT2D eigenvalue weighted by Gasteiger charge is -2.29. The molecule has 0 fully saturated rings. The summed E-state index contributed by atoms with van der Waals surface area (Å²) < 4.78 is 10.6. The van der Waals surface area contributed by atoms with Crippen LogP contribution in [0.5, 0.6) is 0 Å². The van der Waals surface area contributed by atoms with Crippen LogP contribution in [0.4, 0.5) is 9.59 Å². The van der Waals surface area contributed by atoms with Crippen molar-refractivity contribution < 1.29 is 19.1 Å². The number of hydrogen-bond donors (Lipinski definition) is 0. The zero-order chi connectivity index (χ0) is 19.1. The van der Waals surface area contributed by atoms with Crippen LogP contribution in [-0.2, 0) is 9.47 Å². The molecule has 0 aliphatic rings. The summed E-state index contributed by atoms with van der Waals surface area (Å²) in [5.41, 5.74) is -0.529. The fraction of sp³-hybridized carbons (Fsp3) is 0.474. The maximum absolute atomic E-state index is 12.5. The van der Waals surface area contributed by atoms with Gasteiger partial charge in [0, 0.05) is 0 Å². The van der Waals surface area contributed by atoms with Gasteiger partial charge in [-0.05, 0) is 60.1 Å². The molecular weight excluding hydrogens is 306 g/mol.